The second-order valence-electron chi connectivity index (χ2n) is 5.82. The average molecular weight is 273 g/mol. The van der Waals surface area contributed by atoms with E-state index in [4.69, 9.17) is 4.74 Å². The number of carbonyl (C=O) groups excluding carboxylic acids is 1. The number of hydrogen-bond donors (Lipinski definition) is 0. The first kappa shape index (κ1) is 13.5. The van der Waals surface area contributed by atoms with Crippen molar-refractivity contribution >= 4 is 5.91 Å². The minimum Gasteiger partial charge on any atom is -0.493 e. The molecule has 3 rings (SSSR count). The van der Waals surface area contributed by atoms with Crippen LogP contribution in [-0.4, -0.2) is 30.0 Å². The van der Waals surface area contributed by atoms with Gasteiger partial charge in [-0.3, -0.25) is 4.79 Å². The Balaban J connectivity index is 1.84. The lowest BCUT2D eigenvalue weighted by Crippen LogP contribution is -2.46. The van der Waals surface area contributed by atoms with E-state index < -0.39 is 0 Å². The fraction of sp³-hybridized carbons (Fsp3) is 0.588. The molecule has 2 atom stereocenters. The van der Waals surface area contributed by atoms with Crippen molar-refractivity contribution in [3.8, 4) is 5.75 Å². The summed E-state index contributed by atoms with van der Waals surface area (Å²) in [6.07, 6.45) is 5.44. The summed E-state index contributed by atoms with van der Waals surface area (Å²) in [7, 11) is 0. The number of nitrogens with zero attached hydrogens (tertiary/aromatic N) is 1. The summed E-state index contributed by atoms with van der Waals surface area (Å²) in [6.45, 7) is 3.77. The zero-order valence-corrected chi connectivity index (χ0v) is 12.2. The smallest absolute Gasteiger partial charge is 0.230 e. The number of carbonyl (C=O) groups is 1. The molecule has 2 aliphatic rings. The predicted molar refractivity (Wildman–Crippen MR) is 78.9 cm³/mol. The number of para-hydroxylation sites is 1. The average Bonchev–Trinajstić information content (AvgIpc) is 2.53. The van der Waals surface area contributed by atoms with Crippen molar-refractivity contribution in [1.29, 1.82) is 0 Å². The van der Waals surface area contributed by atoms with Crippen molar-refractivity contribution in [3.05, 3.63) is 29.8 Å². The molecule has 1 amide bonds. The highest BCUT2D eigenvalue weighted by Gasteiger charge is 2.34. The van der Waals surface area contributed by atoms with Crippen molar-refractivity contribution in [2.24, 2.45) is 0 Å². The highest BCUT2D eigenvalue weighted by molar-refractivity contribution is 5.85. The number of benzene rings is 1. The normalized spacial score (nSPS) is 25.8. The van der Waals surface area contributed by atoms with Gasteiger partial charge in [-0.2, -0.15) is 0 Å². The van der Waals surface area contributed by atoms with Crippen LogP contribution in [0.5, 0.6) is 5.75 Å². The summed E-state index contributed by atoms with van der Waals surface area (Å²) in [5.41, 5.74) is 1.07. The minimum atomic E-state index is -0.00731. The van der Waals surface area contributed by atoms with Crippen LogP contribution >= 0.6 is 0 Å². The van der Waals surface area contributed by atoms with Gasteiger partial charge in [0.1, 0.15) is 5.75 Å². The van der Waals surface area contributed by atoms with Gasteiger partial charge < -0.3 is 9.64 Å². The third-order valence-corrected chi connectivity index (χ3v) is 4.64. The zero-order chi connectivity index (χ0) is 13.9. The highest BCUT2D eigenvalue weighted by atomic mass is 16.5. The minimum absolute atomic E-state index is 0.00731. The Morgan fingerprint density at radius 1 is 1.30 bits per heavy atom. The monoisotopic (exact) mass is 273 g/mol. The highest BCUT2D eigenvalue weighted by Crippen LogP contribution is 2.36. The van der Waals surface area contributed by atoms with Crippen LogP contribution in [0.25, 0.3) is 0 Å². The molecule has 0 radical (unpaired) electrons. The van der Waals surface area contributed by atoms with Gasteiger partial charge in [0, 0.05) is 18.2 Å². The molecule has 20 heavy (non-hydrogen) atoms. The molecular weight excluding hydrogens is 250 g/mol. The number of ether oxygens (including phenoxy) is 1. The molecule has 2 aliphatic heterocycles. The van der Waals surface area contributed by atoms with Crippen molar-refractivity contribution in [2.45, 2.75) is 51.0 Å². The molecule has 1 saturated heterocycles. The maximum atomic E-state index is 13.0. The number of fused-ring (bicyclic) bond motifs is 1. The number of amides is 1. The van der Waals surface area contributed by atoms with Gasteiger partial charge in [0.25, 0.3) is 0 Å². The summed E-state index contributed by atoms with van der Waals surface area (Å²) in [6, 6.07) is 8.43. The quantitative estimate of drug-likeness (QED) is 0.827. The lowest BCUT2D eigenvalue weighted by atomic mass is 9.89. The maximum Gasteiger partial charge on any atom is 0.230 e. The van der Waals surface area contributed by atoms with Gasteiger partial charge in [0.15, 0.2) is 0 Å². The molecule has 3 heteroatoms. The van der Waals surface area contributed by atoms with Crippen LogP contribution in [0.1, 0.15) is 50.5 Å². The van der Waals surface area contributed by atoms with Gasteiger partial charge in [-0.05, 0) is 38.2 Å². The molecular formula is C17H23NO2. The van der Waals surface area contributed by atoms with E-state index in [0.29, 0.717) is 18.6 Å². The number of piperidine rings is 1. The standard InChI is InChI=1S/C17H23NO2/c1-2-13-7-5-6-11-18(13)17(19)15-10-12-20-16-9-4-3-8-14(15)16/h3-4,8-9,13,15H,2,5-7,10-12H2,1H3. The summed E-state index contributed by atoms with van der Waals surface area (Å²) in [4.78, 5) is 15.1. The van der Waals surface area contributed by atoms with Gasteiger partial charge in [-0.1, -0.05) is 25.1 Å². The van der Waals surface area contributed by atoms with Crippen LogP contribution in [0.4, 0.5) is 0 Å². The van der Waals surface area contributed by atoms with Crippen molar-refractivity contribution in [1.82, 2.24) is 4.90 Å². The molecule has 1 fully saturated rings. The lowest BCUT2D eigenvalue weighted by Gasteiger charge is -2.38. The third kappa shape index (κ3) is 2.41. The molecule has 1 aromatic carbocycles. The van der Waals surface area contributed by atoms with E-state index >= 15 is 0 Å². The summed E-state index contributed by atoms with van der Waals surface area (Å²) >= 11 is 0. The Morgan fingerprint density at radius 2 is 2.15 bits per heavy atom. The number of hydrogen-bond acceptors (Lipinski definition) is 2. The Morgan fingerprint density at radius 3 is 3.00 bits per heavy atom. The topological polar surface area (TPSA) is 29.5 Å². The molecule has 2 unspecified atom stereocenters. The van der Waals surface area contributed by atoms with Crippen molar-refractivity contribution in [3.63, 3.8) is 0 Å². The number of rotatable bonds is 2. The molecule has 0 spiro atoms. The summed E-state index contributed by atoms with van der Waals surface area (Å²) < 4.78 is 5.67. The lowest BCUT2D eigenvalue weighted by molar-refractivity contribution is -0.137. The Labute approximate surface area is 120 Å². The Kier molecular flexibility index (Phi) is 3.95. The first-order valence-corrected chi connectivity index (χ1v) is 7.83. The Hall–Kier alpha value is -1.51. The molecule has 0 saturated carbocycles. The fourth-order valence-corrected chi connectivity index (χ4v) is 3.51. The van der Waals surface area contributed by atoms with Crippen LogP contribution in [0.3, 0.4) is 0 Å². The zero-order valence-electron chi connectivity index (χ0n) is 12.2. The second-order valence-corrected chi connectivity index (χ2v) is 5.82. The first-order valence-electron chi connectivity index (χ1n) is 7.83. The largest absolute Gasteiger partial charge is 0.493 e. The van der Waals surface area contributed by atoms with Gasteiger partial charge in [0.05, 0.1) is 12.5 Å². The Bertz CT molecular complexity index is 486. The summed E-state index contributed by atoms with van der Waals surface area (Å²) in [5, 5.41) is 0. The molecule has 1 aromatic rings. The molecule has 0 aromatic heterocycles. The van der Waals surface area contributed by atoms with Gasteiger partial charge in [0.2, 0.25) is 5.91 Å². The van der Waals surface area contributed by atoms with Crippen molar-refractivity contribution in [2.75, 3.05) is 13.2 Å². The second kappa shape index (κ2) is 5.86. The van der Waals surface area contributed by atoms with Crippen LogP contribution in [0.2, 0.25) is 0 Å². The molecule has 0 bridgehead atoms. The van der Waals surface area contributed by atoms with Crippen molar-refractivity contribution < 1.29 is 9.53 Å². The van der Waals surface area contributed by atoms with Gasteiger partial charge in [-0.25, -0.2) is 0 Å². The van der Waals surface area contributed by atoms with E-state index in [1.165, 1.54) is 6.42 Å². The van der Waals surface area contributed by atoms with E-state index in [1.54, 1.807) is 0 Å². The van der Waals surface area contributed by atoms with Crippen LogP contribution in [-0.2, 0) is 4.79 Å². The molecule has 3 nitrogen and oxygen atoms in total. The summed E-state index contributed by atoms with van der Waals surface area (Å²) in [5.74, 6) is 1.20. The fourth-order valence-electron chi connectivity index (χ4n) is 3.51. The van der Waals surface area contributed by atoms with Crippen LogP contribution in [0, 0.1) is 0 Å². The van der Waals surface area contributed by atoms with Crippen LogP contribution in [0.15, 0.2) is 24.3 Å². The van der Waals surface area contributed by atoms with E-state index in [2.05, 4.69) is 11.8 Å². The molecule has 0 aliphatic carbocycles. The first-order chi connectivity index (χ1) is 9.81. The molecule has 0 N–H and O–H groups in total. The maximum absolute atomic E-state index is 13.0. The van der Waals surface area contributed by atoms with Crippen LogP contribution < -0.4 is 4.74 Å². The van der Waals surface area contributed by atoms with E-state index in [9.17, 15) is 4.79 Å². The van der Waals surface area contributed by atoms with E-state index in [-0.39, 0.29) is 5.92 Å². The molecule has 2 heterocycles. The molecule has 108 valence electrons. The van der Waals surface area contributed by atoms with Gasteiger partial charge in [-0.15, -0.1) is 0 Å². The predicted octanol–water partition coefficient (Wildman–Crippen LogP) is 3.34. The van der Waals surface area contributed by atoms with Gasteiger partial charge >= 0.3 is 0 Å². The number of likely N-dealkylation sites (tertiary alicyclic amines) is 1. The SMILES string of the molecule is CCC1CCCCN1C(=O)C1CCOc2ccccc21. The van der Waals surface area contributed by atoms with E-state index in [1.807, 2.05) is 24.3 Å². The van der Waals surface area contributed by atoms with E-state index in [0.717, 1.165) is 43.5 Å². The third-order valence-electron chi connectivity index (χ3n) is 4.64.